The number of fused-ring (bicyclic) bond motifs is 2. The Bertz CT molecular complexity index is 437. The Kier molecular flexibility index (Phi) is 3.87. The molecule has 106 valence electrons. The van der Waals surface area contributed by atoms with Gasteiger partial charge < -0.3 is 10.6 Å². The minimum Gasteiger partial charge on any atom is -0.364 e. The van der Waals surface area contributed by atoms with Crippen molar-refractivity contribution in [3.8, 4) is 0 Å². The molecule has 2 bridgehead atoms. The molecule has 3 heterocycles. The minimum absolute atomic E-state index is 0. The van der Waals surface area contributed by atoms with Gasteiger partial charge in [-0.2, -0.15) is 13.2 Å². The molecule has 4 nitrogen and oxygen atoms in total. The molecule has 0 spiro atoms. The fraction of sp³-hybridized carbons (Fsp3) is 0.636. The molecule has 3 atom stereocenters. The van der Waals surface area contributed by atoms with Crippen LogP contribution in [0.2, 0.25) is 0 Å². The van der Waals surface area contributed by atoms with E-state index in [9.17, 15) is 13.2 Å². The third-order valence-electron chi connectivity index (χ3n) is 3.58. The number of halogens is 4. The van der Waals surface area contributed by atoms with Crippen LogP contribution in [0.25, 0.3) is 0 Å². The first kappa shape index (κ1) is 14.3. The van der Waals surface area contributed by atoms with Gasteiger partial charge in [-0.3, -0.25) is 0 Å². The molecule has 1 aromatic rings. The van der Waals surface area contributed by atoms with Gasteiger partial charge in [-0.15, -0.1) is 12.4 Å². The average molecular weight is 295 g/mol. The average Bonchev–Trinajstić information content (AvgIpc) is 2.90. The lowest BCUT2D eigenvalue weighted by atomic mass is 9.95. The summed E-state index contributed by atoms with van der Waals surface area (Å²) >= 11 is 0. The predicted octanol–water partition coefficient (Wildman–Crippen LogP) is 2.22. The molecule has 2 N–H and O–H groups in total. The maximum Gasteiger partial charge on any atom is 0.434 e. The fourth-order valence-electron chi connectivity index (χ4n) is 2.72. The van der Waals surface area contributed by atoms with Crippen LogP contribution in [0.1, 0.15) is 25.0 Å². The van der Waals surface area contributed by atoms with Crippen molar-refractivity contribution >= 4 is 18.2 Å². The molecule has 3 rings (SSSR count). The van der Waals surface area contributed by atoms with Crippen molar-refractivity contribution < 1.29 is 13.2 Å². The largest absolute Gasteiger partial charge is 0.434 e. The quantitative estimate of drug-likeness (QED) is 0.878. The van der Waals surface area contributed by atoms with Crippen LogP contribution in [0.4, 0.5) is 19.0 Å². The number of anilines is 1. The van der Waals surface area contributed by atoms with E-state index in [0.717, 1.165) is 25.2 Å². The van der Waals surface area contributed by atoms with Gasteiger partial charge in [-0.25, -0.2) is 9.97 Å². The zero-order chi connectivity index (χ0) is 12.8. The van der Waals surface area contributed by atoms with Crippen LogP contribution in [0.3, 0.4) is 0 Å². The summed E-state index contributed by atoms with van der Waals surface area (Å²) in [4.78, 5) is 7.15. The van der Waals surface area contributed by atoms with Gasteiger partial charge in [-0.1, -0.05) is 0 Å². The lowest BCUT2D eigenvalue weighted by Gasteiger charge is -2.21. The standard InChI is InChI=1S/C11H13F3N4.ClH/c12-11(13,14)9-4-16-10(5-15-9)18-8-3-6-1-2-7(8)17-6;/h4-8,17H,1-3H2,(H,16,18);1H/t6-,7+,8-;/m1./s1. The summed E-state index contributed by atoms with van der Waals surface area (Å²) in [5, 5.41) is 6.59. The number of rotatable bonds is 2. The predicted molar refractivity (Wildman–Crippen MR) is 66.3 cm³/mol. The first-order valence-corrected chi connectivity index (χ1v) is 5.94. The molecule has 2 saturated heterocycles. The minimum atomic E-state index is -4.43. The Morgan fingerprint density at radius 3 is 2.47 bits per heavy atom. The molecular formula is C11H14ClF3N4. The highest BCUT2D eigenvalue weighted by atomic mass is 35.5. The van der Waals surface area contributed by atoms with Crippen LogP contribution >= 0.6 is 12.4 Å². The second-order valence-corrected chi connectivity index (χ2v) is 4.82. The van der Waals surface area contributed by atoms with Gasteiger partial charge >= 0.3 is 6.18 Å². The Morgan fingerprint density at radius 1 is 1.21 bits per heavy atom. The summed E-state index contributed by atoms with van der Waals surface area (Å²) in [6, 6.07) is 1.18. The summed E-state index contributed by atoms with van der Waals surface area (Å²) in [6.07, 6.45) is 0.766. The second-order valence-electron chi connectivity index (χ2n) is 4.82. The number of alkyl halides is 3. The normalized spacial score (nSPS) is 29.1. The molecule has 2 aliphatic rings. The van der Waals surface area contributed by atoms with E-state index in [1.165, 1.54) is 6.42 Å². The topological polar surface area (TPSA) is 49.8 Å². The second kappa shape index (κ2) is 5.13. The van der Waals surface area contributed by atoms with Crippen molar-refractivity contribution in [1.29, 1.82) is 0 Å². The molecule has 2 aliphatic heterocycles. The SMILES string of the molecule is Cl.FC(F)(F)c1cnc(N[C@@H]2C[C@H]3CC[C@@H]2N3)cn1. The number of hydrogen-bond acceptors (Lipinski definition) is 4. The first-order chi connectivity index (χ1) is 8.52. The maximum absolute atomic E-state index is 12.3. The number of nitrogens with one attached hydrogen (secondary N) is 2. The van der Waals surface area contributed by atoms with Crippen molar-refractivity contribution in [3.63, 3.8) is 0 Å². The van der Waals surface area contributed by atoms with E-state index in [2.05, 4.69) is 20.6 Å². The highest BCUT2D eigenvalue weighted by Gasteiger charge is 2.39. The lowest BCUT2D eigenvalue weighted by Crippen LogP contribution is -2.33. The highest BCUT2D eigenvalue weighted by Crippen LogP contribution is 2.30. The smallest absolute Gasteiger partial charge is 0.364 e. The number of aromatic nitrogens is 2. The van der Waals surface area contributed by atoms with Gasteiger partial charge in [0.25, 0.3) is 0 Å². The zero-order valence-electron chi connectivity index (χ0n) is 9.94. The lowest BCUT2D eigenvalue weighted by molar-refractivity contribution is -0.141. The van der Waals surface area contributed by atoms with Gasteiger partial charge in [0.15, 0.2) is 5.69 Å². The first-order valence-electron chi connectivity index (χ1n) is 5.94. The monoisotopic (exact) mass is 294 g/mol. The van der Waals surface area contributed by atoms with Crippen LogP contribution < -0.4 is 10.6 Å². The van der Waals surface area contributed by atoms with Gasteiger partial charge in [0.05, 0.1) is 12.4 Å². The third-order valence-corrected chi connectivity index (χ3v) is 3.58. The molecule has 0 saturated carbocycles. The summed E-state index contributed by atoms with van der Waals surface area (Å²) in [5.41, 5.74) is -0.959. The van der Waals surface area contributed by atoms with Gasteiger partial charge in [0, 0.05) is 18.1 Å². The summed E-state index contributed by atoms with van der Waals surface area (Å²) in [5.74, 6) is 0.405. The van der Waals surface area contributed by atoms with Crippen molar-refractivity contribution in [2.75, 3.05) is 5.32 Å². The number of nitrogens with zero attached hydrogens (tertiary/aromatic N) is 2. The van der Waals surface area contributed by atoms with Gasteiger partial charge in [0.1, 0.15) is 5.82 Å². The van der Waals surface area contributed by atoms with E-state index < -0.39 is 11.9 Å². The molecule has 0 aromatic carbocycles. The summed E-state index contributed by atoms with van der Waals surface area (Å²) in [7, 11) is 0. The maximum atomic E-state index is 12.3. The molecule has 2 fully saturated rings. The summed E-state index contributed by atoms with van der Waals surface area (Å²) in [6.45, 7) is 0. The van der Waals surface area contributed by atoms with E-state index in [1.807, 2.05) is 0 Å². The molecule has 0 amide bonds. The molecule has 0 unspecified atom stereocenters. The van der Waals surface area contributed by atoms with E-state index >= 15 is 0 Å². The van der Waals surface area contributed by atoms with Crippen LogP contribution in [0.15, 0.2) is 12.4 Å². The highest BCUT2D eigenvalue weighted by molar-refractivity contribution is 5.85. The van der Waals surface area contributed by atoms with E-state index in [1.54, 1.807) is 0 Å². The van der Waals surface area contributed by atoms with Crippen LogP contribution in [-0.4, -0.2) is 28.1 Å². The molecular weight excluding hydrogens is 281 g/mol. The van der Waals surface area contributed by atoms with Crippen molar-refractivity contribution in [2.45, 2.75) is 43.6 Å². The Morgan fingerprint density at radius 2 is 2.00 bits per heavy atom. The summed E-state index contributed by atoms with van der Waals surface area (Å²) < 4.78 is 36.9. The van der Waals surface area contributed by atoms with Crippen molar-refractivity contribution in [1.82, 2.24) is 15.3 Å². The number of hydrogen-bond donors (Lipinski definition) is 2. The molecule has 19 heavy (non-hydrogen) atoms. The zero-order valence-corrected chi connectivity index (χ0v) is 10.8. The Balaban J connectivity index is 0.00000133. The molecule has 8 heteroatoms. The van der Waals surface area contributed by atoms with Crippen LogP contribution in [0, 0.1) is 0 Å². The Labute approximate surface area is 114 Å². The van der Waals surface area contributed by atoms with Crippen LogP contribution in [-0.2, 0) is 6.18 Å². The molecule has 0 aliphatic carbocycles. The third kappa shape index (κ3) is 2.92. The van der Waals surface area contributed by atoms with Gasteiger partial charge in [-0.05, 0) is 19.3 Å². The molecule has 0 radical (unpaired) electrons. The fourth-order valence-corrected chi connectivity index (χ4v) is 2.72. The molecule has 1 aromatic heterocycles. The Hall–Kier alpha value is -1.08. The van der Waals surface area contributed by atoms with E-state index in [-0.39, 0.29) is 18.4 Å². The van der Waals surface area contributed by atoms with E-state index in [0.29, 0.717) is 17.9 Å². The van der Waals surface area contributed by atoms with Gasteiger partial charge in [0.2, 0.25) is 0 Å². The van der Waals surface area contributed by atoms with E-state index in [4.69, 9.17) is 0 Å². The van der Waals surface area contributed by atoms with Crippen molar-refractivity contribution in [3.05, 3.63) is 18.1 Å². The van der Waals surface area contributed by atoms with Crippen molar-refractivity contribution in [2.24, 2.45) is 0 Å². The van der Waals surface area contributed by atoms with Crippen LogP contribution in [0.5, 0.6) is 0 Å².